The lowest BCUT2D eigenvalue weighted by Gasteiger charge is -2.11. The molecule has 5 nitrogen and oxygen atoms in total. The van der Waals surface area contributed by atoms with E-state index in [1.807, 2.05) is 12.1 Å². The fourth-order valence-electron chi connectivity index (χ4n) is 1.72. The van der Waals surface area contributed by atoms with Crippen LogP contribution in [-0.2, 0) is 0 Å². The van der Waals surface area contributed by atoms with Crippen molar-refractivity contribution in [2.75, 3.05) is 13.9 Å². The maximum absolute atomic E-state index is 5.65. The first kappa shape index (κ1) is 10.7. The van der Waals surface area contributed by atoms with Gasteiger partial charge in [0, 0.05) is 12.3 Å². The molecule has 3 rings (SSSR count). The van der Waals surface area contributed by atoms with E-state index >= 15 is 0 Å². The highest BCUT2D eigenvalue weighted by Crippen LogP contribution is 2.47. The van der Waals surface area contributed by atoms with Gasteiger partial charge in [0.2, 0.25) is 24.2 Å². The van der Waals surface area contributed by atoms with E-state index in [0.717, 1.165) is 0 Å². The highest BCUT2D eigenvalue weighted by molar-refractivity contribution is 5.60. The summed E-state index contributed by atoms with van der Waals surface area (Å²) in [4.78, 5) is 4.09. The van der Waals surface area contributed by atoms with Gasteiger partial charge in [-0.25, -0.2) is 4.98 Å². The van der Waals surface area contributed by atoms with Gasteiger partial charge in [0.25, 0.3) is 0 Å². The largest absolute Gasteiger partial charge is 0.490 e. The summed E-state index contributed by atoms with van der Waals surface area (Å²) >= 11 is 0. The van der Waals surface area contributed by atoms with E-state index in [0.29, 0.717) is 28.9 Å². The van der Waals surface area contributed by atoms with Gasteiger partial charge in [-0.05, 0) is 18.2 Å². The highest BCUT2D eigenvalue weighted by atomic mass is 16.7. The van der Waals surface area contributed by atoms with E-state index in [4.69, 9.17) is 18.9 Å². The number of hydrogen-bond acceptors (Lipinski definition) is 5. The first-order valence-electron chi connectivity index (χ1n) is 5.44. The first-order chi connectivity index (χ1) is 8.88. The van der Waals surface area contributed by atoms with Crippen LogP contribution in [-0.4, -0.2) is 18.9 Å². The molecule has 1 aliphatic heterocycles. The number of methoxy groups -OCH3 is 1. The molecule has 0 fully saturated rings. The normalized spacial score (nSPS) is 12.3. The standard InChI is InChI=1S/C13H11NO4/c1-15-12-10(18-11-4-2-3-7-14-11)6-5-9-13(12)17-8-16-9/h2-7H,8H2,1H3. The van der Waals surface area contributed by atoms with Crippen LogP contribution in [0.5, 0.6) is 28.9 Å². The van der Waals surface area contributed by atoms with Crippen molar-refractivity contribution in [3.05, 3.63) is 36.5 Å². The second-order valence-corrected chi connectivity index (χ2v) is 3.60. The molecule has 1 aromatic heterocycles. The third-order valence-electron chi connectivity index (χ3n) is 2.51. The molecule has 18 heavy (non-hydrogen) atoms. The van der Waals surface area contributed by atoms with E-state index in [2.05, 4.69) is 4.98 Å². The smallest absolute Gasteiger partial charge is 0.231 e. The number of ether oxygens (including phenoxy) is 4. The van der Waals surface area contributed by atoms with E-state index in [1.165, 1.54) is 0 Å². The van der Waals surface area contributed by atoms with Crippen LogP contribution in [0.1, 0.15) is 0 Å². The van der Waals surface area contributed by atoms with Gasteiger partial charge in [-0.15, -0.1) is 0 Å². The monoisotopic (exact) mass is 245 g/mol. The lowest BCUT2D eigenvalue weighted by Crippen LogP contribution is -1.95. The summed E-state index contributed by atoms with van der Waals surface area (Å²) in [6.07, 6.45) is 1.66. The Morgan fingerprint density at radius 2 is 2.11 bits per heavy atom. The first-order valence-corrected chi connectivity index (χ1v) is 5.44. The molecule has 0 radical (unpaired) electrons. The molecule has 0 amide bonds. The number of pyridine rings is 1. The molecule has 2 heterocycles. The lowest BCUT2D eigenvalue weighted by molar-refractivity contribution is 0.171. The van der Waals surface area contributed by atoms with Crippen LogP contribution in [0.3, 0.4) is 0 Å². The average molecular weight is 245 g/mol. The Morgan fingerprint density at radius 1 is 1.17 bits per heavy atom. The molecule has 2 aromatic rings. The van der Waals surface area contributed by atoms with Gasteiger partial charge in [0.05, 0.1) is 7.11 Å². The van der Waals surface area contributed by atoms with Crippen molar-refractivity contribution >= 4 is 0 Å². The van der Waals surface area contributed by atoms with Crippen molar-refractivity contribution in [2.45, 2.75) is 0 Å². The van der Waals surface area contributed by atoms with Crippen molar-refractivity contribution in [2.24, 2.45) is 0 Å². The fraction of sp³-hybridized carbons (Fsp3) is 0.154. The van der Waals surface area contributed by atoms with Gasteiger partial charge in [-0.1, -0.05) is 6.07 Å². The Bertz CT molecular complexity index is 556. The molecule has 1 aromatic carbocycles. The van der Waals surface area contributed by atoms with Gasteiger partial charge >= 0.3 is 0 Å². The molecular weight excluding hydrogens is 234 g/mol. The molecule has 0 N–H and O–H groups in total. The number of fused-ring (bicyclic) bond motifs is 1. The Balaban J connectivity index is 1.97. The van der Waals surface area contributed by atoms with Crippen LogP contribution in [0, 0.1) is 0 Å². The molecule has 0 atom stereocenters. The minimum absolute atomic E-state index is 0.193. The van der Waals surface area contributed by atoms with E-state index < -0.39 is 0 Å². The zero-order valence-corrected chi connectivity index (χ0v) is 9.75. The molecule has 0 saturated heterocycles. The fourth-order valence-corrected chi connectivity index (χ4v) is 1.72. The van der Waals surface area contributed by atoms with Gasteiger partial charge in [-0.2, -0.15) is 0 Å². The lowest BCUT2D eigenvalue weighted by atomic mass is 10.2. The number of nitrogens with zero attached hydrogens (tertiary/aromatic N) is 1. The van der Waals surface area contributed by atoms with E-state index in [9.17, 15) is 0 Å². The van der Waals surface area contributed by atoms with Crippen molar-refractivity contribution < 1.29 is 18.9 Å². The summed E-state index contributed by atoms with van der Waals surface area (Å²) in [5, 5.41) is 0. The van der Waals surface area contributed by atoms with Crippen LogP contribution in [0.25, 0.3) is 0 Å². The second-order valence-electron chi connectivity index (χ2n) is 3.60. The second kappa shape index (κ2) is 4.44. The number of benzene rings is 1. The van der Waals surface area contributed by atoms with Crippen molar-refractivity contribution in [3.63, 3.8) is 0 Å². The summed E-state index contributed by atoms with van der Waals surface area (Å²) in [7, 11) is 1.56. The van der Waals surface area contributed by atoms with Crippen molar-refractivity contribution in [3.8, 4) is 28.9 Å². The minimum Gasteiger partial charge on any atom is -0.490 e. The van der Waals surface area contributed by atoms with Crippen LogP contribution >= 0.6 is 0 Å². The maximum Gasteiger partial charge on any atom is 0.231 e. The van der Waals surface area contributed by atoms with Crippen LogP contribution < -0.4 is 18.9 Å². The van der Waals surface area contributed by atoms with Gasteiger partial charge < -0.3 is 18.9 Å². The summed E-state index contributed by atoms with van der Waals surface area (Å²) in [5.74, 6) is 2.76. The average Bonchev–Trinajstić information content (AvgIpc) is 2.88. The Labute approximate surface area is 104 Å². The van der Waals surface area contributed by atoms with Gasteiger partial charge in [0.1, 0.15) is 0 Å². The minimum atomic E-state index is 0.193. The summed E-state index contributed by atoms with van der Waals surface area (Å²) in [6.45, 7) is 0.193. The molecule has 92 valence electrons. The Hall–Kier alpha value is -2.43. The zero-order valence-electron chi connectivity index (χ0n) is 9.75. The molecule has 0 aliphatic carbocycles. The SMILES string of the molecule is COc1c(Oc2ccccn2)ccc2c1OCO2. The number of rotatable bonds is 3. The van der Waals surface area contributed by atoms with Crippen molar-refractivity contribution in [1.29, 1.82) is 0 Å². The quantitative estimate of drug-likeness (QED) is 0.831. The third-order valence-corrected chi connectivity index (χ3v) is 2.51. The topological polar surface area (TPSA) is 49.8 Å². The molecule has 0 unspecified atom stereocenters. The number of hydrogen-bond donors (Lipinski definition) is 0. The summed E-state index contributed by atoms with van der Waals surface area (Å²) in [6, 6.07) is 8.99. The highest BCUT2D eigenvalue weighted by Gasteiger charge is 2.23. The van der Waals surface area contributed by atoms with Gasteiger partial charge in [0.15, 0.2) is 11.5 Å². The molecule has 0 bridgehead atoms. The van der Waals surface area contributed by atoms with Crippen LogP contribution in [0.2, 0.25) is 0 Å². The van der Waals surface area contributed by atoms with E-state index in [-0.39, 0.29) is 6.79 Å². The number of aromatic nitrogens is 1. The molecule has 0 saturated carbocycles. The van der Waals surface area contributed by atoms with Crippen LogP contribution in [0.4, 0.5) is 0 Å². The maximum atomic E-state index is 5.65. The summed E-state index contributed by atoms with van der Waals surface area (Å²) < 4.78 is 21.6. The third kappa shape index (κ3) is 1.79. The Morgan fingerprint density at radius 3 is 2.89 bits per heavy atom. The predicted octanol–water partition coefficient (Wildman–Crippen LogP) is 2.61. The van der Waals surface area contributed by atoms with Gasteiger partial charge in [-0.3, -0.25) is 0 Å². The molecule has 1 aliphatic rings. The zero-order chi connectivity index (χ0) is 12.4. The molecule has 0 spiro atoms. The molecule has 5 heteroatoms. The molecular formula is C13H11NO4. The van der Waals surface area contributed by atoms with Crippen LogP contribution in [0.15, 0.2) is 36.5 Å². The predicted molar refractivity (Wildman–Crippen MR) is 63.4 cm³/mol. The summed E-state index contributed by atoms with van der Waals surface area (Å²) in [5.41, 5.74) is 0. The Kier molecular flexibility index (Phi) is 2.64. The van der Waals surface area contributed by atoms with E-state index in [1.54, 1.807) is 31.5 Å². The van der Waals surface area contributed by atoms with Crippen molar-refractivity contribution in [1.82, 2.24) is 4.98 Å².